The molecule has 6 rings (SSSR count). The molecule has 8 unspecified atom stereocenters. The van der Waals surface area contributed by atoms with Gasteiger partial charge in [0.1, 0.15) is 0 Å². The molecule has 0 spiro atoms. The third-order valence-electron chi connectivity index (χ3n) is 12.0. The maximum absolute atomic E-state index is 2.80. The maximum atomic E-state index is 2.80. The van der Waals surface area contributed by atoms with Crippen LogP contribution in [0.25, 0.3) is 0 Å². The van der Waals surface area contributed by atoms with Crippen molar-refractivity contribution in [2.75, 3.05) is 0 Å². The molecule has 0 heterocycles. The lowest BCUT2D eigenvalue weighted by atomic mass is 9.62. The van der Waals surface area contributed by atoms with E-state index in [0.29, 0.717) is 10.8 Å². The van der Waals surface area contributed by atoms with Crippen molar-refractivity contribution in [3.8, 4) is 0 Å². The molecule has 0 aromatic heterocycles. The lowest BCUT2D eigenvalue weighted by Crippen LogP contribution is -2.34. The van der Waals surface area contributed by atoms with Gasteiger partial charge in [0.15, 0.2) is 0 Å². The van der Waals surface area contributed by atoms with Crippen LogP contribution in [-0.2, 0) is 0 Å². The summed E-state index contributed by atoms with van der Waals surface area (Å²) in [5.41, 5.74) is 4.95. The van der Waals surface area contributed by atoms with Gasteiger partial charge in [-0.05, 0) is 122 Å². The first-order valence-electron chi connectivity index (χ1n) is 13.8. The van der Waals surface area contributed by atoms with E-state index in [4.69, 9.17) is 0 Å². The first-order chi connectivity index (χ1) is 14.4. The Kier molecular flexibility index (Phi) is 4.68. The summed E-state index contributed by atoms with van der Waals surface area (Å²) in [5, 5.41) is 0. The Morgan fingerprint density at radius 3 is 2.43 bits per heavy atom. The summed E-state index contributed by atoms with van der Waals surface area (Å²) in [7, 11) is 0. The van der Waals surface area contributed by atoms with Crippen LogP contribution in [-0.4, -0.2) is 0 Å². The normalized spacial score (nSPS) is 48.7. The minimum Gasteiger partial charge on any atom is -0.0847 e. The van der Waals surface area contributed by atoms with E-state index in [1.165, 1.54) is 77.0 Å². The van der Waals surface area contributed by atoms with Gasteiger partial charge in [-0.3, -0.25) is 0 Å². The zero-order valence-electron chi connectivity index (χ0n) is 20.3. The van der Waals surface area contributed by atoms with Gasteiger partial charge in [-0.25, -0.2) is 0 Å². The van der Waals surface area contributed by atoms with Crippen molar-refractivity contribution < 1.29 is 0 Å². The van der Waals surface area contributed by atoms with Gasteiger partial charge in [0, 0.05) is 0 Å². The Balaban J connectivity index is 1.23. The zero-order chi connectivity index (χ0) is 20.7. The van der Waals surface area contributed by atoms with Gasteiger partial charge in [0.2, 0.25) is 0 Å². The summed E-state index contributed by atoms with van der Waals surface area (Å²) in [6, 6.07) is 0. The quantitative estimate of drug-likeness (QED) is 0.382. The standard InChI is InChI=1S/C30H46/c1-29(2)25-11-7-5-9-21(25)23-15-13-19(17-27(23)29)20-14-16-24-22-10-6-8-12-26(22)30(3,4)28(24)18-20/h9,14,19,22-28H,5-8,10-13,15-18H2,1-4H3. The van der Waals surface area contributed by atoms with Crippen molar-refractivity contribution in [1.82, 2.24) is 0 Å². The van der Waals surface area contributed by atoms with E-state index in [1.807, 2.05) is 11.1 Å². The van der Waals surface area contributed by atoms with Gasteiger partial charge in [0.25, 0.3) is 0 Å². The van der Waals surface area contributed by atoms with Crippen LogP contribution in [0.4, 0.5) is 0 Å². The Hall–Kier alpha value is -0.520. The minimum atomic E-state index is 0.537. The smallest absolute Gasteiger partial charge is 0.0146 e. The van der Waals surface area contributed by atoms with E-state index in [1.54, 1.807) is 0 Å². The van der Waals surface area contributed by atoms with E-state index in [9.17, 15) is 0 Å². The Morgan fingerprint density at radius 1 is 0.733 bits per heavy atom. The molecule has 6 aliphatic carbocycles. The van der Waals surface area contributed by atoms with Crippen LogP contribution in [0.2, 0.25) is 0 Å². The van der Waals surface area contributed by atoms with Crippen LogP contribution in [0.1, 0.15) is 105 Å². The second kappa shape index (κ2) is 6.99. The Morgan fingerprint density at radius 2 is 1.57 bits per heavy atom. The molecule has 0 heteroatoms. The monoisotopic (exact) mass is 406 g/mol. The summed E-state index contributed by atoms with van der Waals surface area (Å²) in [6.07, 6.45) is 23.2. The average molecular weight is 407 g/mol. The summed E-state index contributed by atoms with van der Waals surface area (Å²) >= 11 is 0. The Bertz CT molecular complexity index is 748. The summed E-state index contributed by atoms with van der Waals surface area (Å²) in [5.74, 6) is 7.76. The van der Waals surface area contributed by atoms with Gasteiger partial charge >= 0.3 is 0 Å². The highest BCUT2D eigenvalue weighted by atomic mass is 14.6. The molecule has 0 nitrogen and oxygen atoms in total. The molecule has 0 saturated heterocycles. The van der Waals surface area contributed by atoms with Crippen LogP contribution < -0.4 is 0 Å². The molecule has 0 N–H and O–H groups in total. The van der Waals surface area contributed by atoms with Crippen molar-refractivity contribution in [2.45, 2.75) is 105 Å². The molecule has 0 amide bonds. The third kappa shape index (κ3) is 2.76. The van der Waals surface area contributed by atoms with Gasteiger partial charge in [0.05, 0.1) is 0 Å². The van der Waals surface area contributed by atoms with E-state index in [2.05, 4.69) is 39.8 Å². The molecule has 8 atom stereocenters. The number of fused-ring (bicyclic) bond motifs is 6. The highest BCUT2D eigenvalue weighted by molar-refractivity contribution is 5.28. The fraction of sp³-hybridized carbons (Fsp3) is 0.867. The van der Waals surface area contributed by atoms with Gasteiger partial charge < -0.3 is 0 Å². The number of allylic oxidation sites excluding steroid dienone is 4. The van der Waals surface area contributed by atoms with E-state index < -0.39 is 0 Å². The number of hydrogen-bond acceptors (Lipinski definition) is 0. The van der Waals surface area contributed by atoms with Crippen molar-refractivity contribution in [1.29, 1.82) is 0 Å². The van der Waals surface area contributed by atoms with Gasteiger partial charge in [-0.1, -0.05) is 63.8 Å². The molecule has 4 saturated carbocycles. The SMILES string of the molecule is CC1(C)C2CCCC=C2C2CCC(C3=CCC4C5CCCCC5C(C)(C)C4C3)CC21. The molecule has 166 valence electrons. The van der Waals surface area contributed by atoms with Crippen molar-refractivity contribution in [3.63, 3.8) is 0 Å². The lowest BCUT2D eigenvalue weighted by molar-refractivity contribution is 0.103. The first-order valence-corrected chi connectivity index (χ1v) is 13.8. The second-order valence-corrected chi connectivity index (χ2v) is 13.6. The summed E-state index contributed by atoms with van der Waals surface area (Å²) in [6.45, 7) is 10.6. The Labute approximate surface area is 186 Å². The predicted molar refractivity (Wildman–Crippen MR) is 127 cm³/mol. The van der Waals surface area contributed by atoms with Crippen LogP contribution >= 0.6 is 0 Å². The molecule has 0 aliphatic heterocycles. The van der Waals surface area contributed by atoms with Crippen LogP contribution in [0, 0.1) is 58.2 Å². The topological polar surface area (TPSA) is 0 Å². The van der Waals surface area contributed by atoms with Crippen LogP contribution in [0.3, 0.4) is 0 Å². The van der Waals surface area contributed by atoms with Crippen molar-refractivity contribution >= 4 is 0 Å². The van der Waals surface area contributed by atoms with E-state index >= 15 is 0 Å². The number of hydrogen-bond donors (Lipinski definition) is 0. The minimum absolute atomic E-state index is 0.537. The predicted octanol–water partition coefficient (Wildman–Crippen LogP) is 8.58. The number of rotatable bonds is 1. The highest BCUT2D eigenvalue weighted by Gasteiger charge is 2.57. The van der Waals surface area contributed by atoms with E-state index in [-0.39, 0.29) is 0 Å². The largest absolute Gasteiger partial charge is 0.0847 e. The zero-order valence-corrected chi connectivity index (χ0v) is 20.3. The van der Waals surface area contributed by atoms with Crippen molar-refractivity contribution in [2.24, 2.45) is 58.2 Å². The highest BCUT2D eigenvalue weighted by Crippen LogP contribution is 2.66. The molecular weight excluding hydrogens is 360 g/mol. The molecule has 6 aliphatic rings. The average Bonchev–Trinajstić information content (AvgIpc) is 3.14. The molecule has 0 radical (unpaired) electrons. The molecular formula is C30H46. The van der Waals surface area contributed by atoms with Crippen LogP contribution in [0.5, 0.6) is 0 Å². The van der Waals surface area contributed by atoms with Crippen LogP contribution in [0.15, 0.2) is 23.3 Å². The summed E-state index contributed by atoms with van der Waals surface area (Å²) < 4.78 is 0. The molecule has 4 fully saturated rings. The second-order valence-electron chi connectivity index (χ2n) is 13.6. The van der Waals surface area contributed by atoms with Crippen molar-refractivity contribution in [3.05, 3.63) is 23.3 Å². The fourth-order valence-corrected chi connectivity index (χ4v) is 10.5. The maximum Gasteiger partial charge on any atom is -0.0146 e. The molecule has 0 aromatic rings. The fourth-order valence-electron chi connectivity index (χ4n) is 10.5. The lowest BCUT2D eigenvalue weighted by Gasteiger charge is -2.43. The first kappa shape index (κ1) is 20.1. The molecule has 0 bridgehead atoms. The third-order valence-corrected chi connectivity index (χ3v) is 12.0. The van der Waals surface area contributed by atoms with Gasteiger partial charge in [-0.15, -0.1) is 0 Å². The summed E-state index contributed by atoms with van der Waals surface area (Å²) in [4.78, 5) is 0. The van der Waals surface area contributed by atoms with E-state index in [0.717, 1.165) is 47.3 Å². The van der Waals surface area contributed by atoms with Gasteiger partial charge in [-0.2, -0.15) is 0 Å². The molecule has 0 aromatic carbocycles. The molecule has 30 heavy (non-hydrogen) atoms.